The Morgan fingerprint density at radius 2 is 1.87 bits per heavy atom. The lowest BCUT2D eigenvalue weighted by molar-refractivity contribution is -0.142. The summed E-state index contributed by atoms with van der Waals surface area (Å²) in [7, 11) is 1.84. The number of amides is 3. The van der Waals surface area contributed by atoms with Crippen molar-refractivity contribution in [3.8, 4) is 0 Å². The molecule has 3 amide bonds. The van der Waals surface area contributed by atoms with E-state index in [2.05, 4.69) is 18.0 Å². The van der Waals surface area contributed by atoms with Crippen LogP contribution in [-0.4, -0.2) is 70.6 Å². The number of aromatic amines is 1. The highest BCUT2D eigenvalue weighted by Crippen LogP contribution is 2.24. The van der Waals surface area contributed by atoms with Crippen LogP contribution in [0.25, 0.3) is 10.9 Å². The summed E-state index contributed by atoms with van der Waals surface area (Å²) in [6, 6.07) is 8.17. The highest BCUT2D eigenvalue weighted by Gasteiger charge is 2.32. The topological polar surface area (TPSA) is 76.7 Å². The summed E-state index contributed by atoms with van der Waals surface area (Å²) in [5.41, 5.74) is 3.31. The zero-order chi connectivity index (χ0) is 22.0. The summed E-state index contributed by atoms with van der Waals surface area (Å²) in [5.74, 6) is 0.254. The molecule has 0 aliphatic carbocycles. The summed E-state index contributed by atoms with van der Waals surface area (Å²) in [5, 5.41) is 1.18. The van der Waals surface area contributed by atoms with E-state index in [1.54, 1.807) is 4.90 Å². The second-order valence-electron chi connectivity index (χ2n) is 8.88. The molecule has 0 unspecified atom stereocenters. The standard InChI is InChI=1S/C24H32N4O3/c1-17-19-7-3-4-8-20(19)25-21(17)16-26(2)24(31)18-10-11-23(30)28(15-18)14-6-13-27-12-5-9-22(27)29/h3-4,7-8,18,25H,5-6,9-16H2,1-2H3/t18-/m1/s1. The van der Waals surface area contributed by atoms with E-state index >= 15 is 0 Å². The van der Waals surface area contributed by atoms with Crippen LogP contribution < -0.4 is 0 Å². The SMILES string of the molecule is Cc1c(CN(C)C(=O)[C@@H]2CCC(=O)N(CCCN3CCCC3=O)C2)[nH]c2ccccc12. The molecule has 4 rings (SSSR count). The number of aryl methyl sites for hydroxylation is 1. The second kappa shape index (κ2) is 9.12. The first-order valence-electron chi connectivity index (χ1n) is 11.3. The van der Waals surface area contributed by atoms with Crippen molar-refractivity contribution in [3.63, 3.8) is 0 Å². The number of aromatic nitrogens is 1. The van der Waals surface area contributed by atoms with Gasteiger partial charge in [-0.15, -0.1) is 0 Å². The molecular formula is C24H32N4O3. The van der Waals surface area contributed by atoms with Crippen molar-refractivity contribution in [1.29, 1.82) is 0 Å². The van der Waals surface area contributed by atoms with Crippen molar-refractivity contribution < 1.29 is 14.4 Å². The van der Waals surface area contributed by atoms with E-state index in [1.807, 2.05) is 35.0 Å². The van der Waals surface area contributed by atoms with Crippen LogP contribution in [0.15, 0.2) is 24.3 Å². The molecule has 7 nitrogen and oxygen atoms in total. The van der Waals surface area contributed by atoms with E-state index < -0.39 is 0 Å². The minimum Gasteiger partial charge on any atom is -0.357 e. The molecule has 2 aromatic rings. The lowest BCUT2D eigenvalue weighted by Crippen LogP contribution is -2.46. The Morgan fingerprint density at radius 3 is 2.61 bits per heavy atom. The van der Waals surface area contributed by atoms with E-state index in [-0.39, 0.29) is 23.6 Å². The maximum absolute atomic E-state index is 13.1. The number of nitrogens with zero attached hydrogens (tertiary/aromatic N) is 3. The first-order valence-corrected chi connectivity index (χ1v) is 11.3. The van der Waals surface area contributed by atoms with Crippen LogP contribution in [-0.2, 0) is 20.9 Å². The summed E-state index contributed by atoms with van der Waals surface area (Å²) < 4.78 is 0. The largest absolute Gasteiger partial charge is 0.357 e. The minimum absolute atomic E-state index is 0.0882. The Labute approximate surface area is 183 Å². The van der Waals surface area contributed by atoms with Crippen LogP contribution >= 0.6 is 0 Å². The number of para-hydroxylation sites is 1. The Bertz CT molecular complexity index is 982. The van der Waals surface area contributed by atoms with E-state index in [1.165, 1.54) is 10.9 Å². The first-order chi connectivity index (χ1) is 14.9. The molecular weight excluding hydrogens is 392 g/mol. The Hall–Kier alpha value is -2.83. The molecule has 166 valence electrons. The van der Waals surface area contributed by atoms with Gasteiger partial charge in [-0.2, -0.15) is 0 Å². The molecule has 31 heavy (non-hydrogen) atoms. The first kappa shape index (κ1) is 21.4. The number of benzene rings is 1. The molecule has 2 aliphatic heterocycles. The molecule has 3 heterocycles. The van der Waals surface area contributed by atoms with Crippen molar-refractivity contribution in [1.82, 2.24) is 19.7 Å². The second-order valence-corrected chi connectivity index (χ2v) is 8.88. The molecule has 1 aromatic heterocycles. The van der Waals surface area contributed by atoms with Crippen molar-refractivity contribution in [2.75, 3.05) is 33.2 Å². The van der Waals surface area contributed by atoms with E-state index in [9.17, 15) is 14.4 Å². The number of carbonyl (C=O) groups excluding carboxylic acids is 3. The number of carbonyl (C=O) groups is 3. The molecule has 1 atom stereocenters. The lowest BCUT2D eigenvalue weighted by Gasteiger charge is -2.34. The fraction of sp³-hybridized carbons (Fsp3) is 0.542. The maximum atomic E-state index is 13.1. The number of fused-ring (bicyclic) bond motifs is 1. The Kier molecular flexibility index (Phi) is 6.30. The smallest absolute Gasteiger partial charge is 0.227 e. The Morgan fingerprint density at radius 1 is 1.13 bits per heavy atom. The van der Waals surface area contributed by atoms with Gasteiger partial charge in [0.25, 0.3) is 0 Å². The van der Waals surface area contributed by atoms with E-state index in [0.29, 0.717) is 45.4 Å². The fourth-order valence-electron chi connectivity index (χ4n) is 4.85. The van der Waals surface area contributed by atoms with Gasteiger partial charge in [0.2, 0.25) is 17.7 Å². The van der Waals surface area contributed by atoms with Gasteiger partial charge >= 0.3 is 0 Å². The molecule has 1 aromatic carbocycles. The van der Waals surface area contributed by atoms with Crippen LogP contribution in [0.5, 0.6) is 0 Å². The predicted molar refractivity (Wildman–Crippen MR) is 119 cm³/mol. The van der Waals surface area contributed by atoms with Gasteiger partial charge in [0.15, 0.2) is 0 Å². The van der Waals surface area contributed by atoms with Crippen molar-refractivity contribution in [3.05, 3.63) is 35.5 Å². The zero-order valence-electron chi connectivity index (χ0n) is 18.5. The molecule has 0 bridgehead atoms. The third-order valence-corrected chi connectivity index (χ3v) is 6.72. The molecule has 7 heteroatoms. The number of rotatable bonds is 7. The normalized spacial score (nSPS) is 19.5. The van der Waals surface area contributed by atoms with Crippen LogP contribution in [0, 0.1) is 12.8 Å². The number of piperidine rings is 1. The summed E-state index contributed by atoms with van der Waals surface area (Å²) in [6.07, 6.45) is 3.36. The van der Waals surface area contributed by atoms with Gasteiger partial charge in [-0.05, 0) is 37.8 Å². The average molecular weight is 425 g/mol. The molecule has 2 saturated heterocycles. The summed E-state index contributed by atoms with van der Waals surface area (Å²) in [4.78, 5) is 46.2. The van der Waals surface area contributed by atoms with Crippen LogP contribution in [0.1, 0.15) is 43.4 Å². The van der Waals surface area contributed by atoms with Crippen molar-refractivity contribution in [2.45, 2.75) is 45.6 Å². The van der Waals surface area contributed by atoms with Gasteiger partial charge in [-0.3, -0.25) is 14.4 Å². The minimum atomic E-state index is -0.166. The Balaban J connectivity index is 1.33. The molecule has 2 fully saturated rings. The average Bonchev–Trinajstić information content (AvgIpc) is 3.32. The van der Waals surface area contributed by atoms with E-state index in [4.69, 9.17) is 0 Å². The maximum Gasteiger partial charge on any atom is 0.227 e. The van der Waals surface area contributed by atoms with Gasteiger partial charge in [0.1, 0.15) is 0 Å². The number of H-pyrrole nitrogens is 1. The predicted octanol–water partition coefficient (Wildman–Crippen LogP) is 2.69. The molecule has 0 radical (unpaired) electrons. The summed E-state index contributed by atoms with van der Waals surface area (Å²) in [6.45, 7) is 5.21. The van der Waals surface area contributed by atoms with Gasteiger partial charge in [-0.1, -0.05) is 18.2 Å². The number of nitrogens with one attached hydrogen (secondary N) is 1. The lowest BCUT2D eigenvalue weighted by atomic mass is 9.95. The highest BCUT2D eigenvalue weighted by atomic mass is 16.2. The molecule has 0 saturated carbocycles. The molecule has 2 aliphatic rings. The zero-order valence-corrected chi connectivity index (χ0v) is 18.5. The van der Waals surface area contributed by atoms with Crippen LogP contribution in [0.2, 0.25) is 0 Å². The third-order valence-electron chi connectivity index (χ3n) is 6.72. The highest BCUT2D eigenvalue weighted by molar-refractivity contribution is 5.86. The molecule has 0 spiro atoms. The number of likely N-dealkylation sites (tertiary alicyclic amines) is 2. The van der Waals surface area contributed by atoms with Crippen LogP contribution in [0.3, 0.4) is 0 Å². The number of hydrogen-bond donors (Lipinski definition) is 1. The quantitative estimate of drug-likeness (QED) is 0.742. The monoisotopic (exact) mass is 424 g/mol. The third kappa shape index (κ3) is 4.60. The van der Waals surface area contributed by atoms with Crippen molar-refractivity contribution >= 4 is 28.6 Å². The van der Waals surface area contributed by atoms with Crippen molar-refractivity contribution in [2.24, 2.45) is 5.92 Å². The van der Waals surface area contributed by atoms with Gasteiger partial charge in [0, 0.05) is 62.7 Å². The van der Waals surface area contributed by atoms with Crippen LogP contribution in [0.4, 0.5) is 0 Å². The fourth-order valence-corrected chi connectivity index (χ4v) is 4.85. The molecule has 1 N–H and O–H groups in total. The van der Waals surface area contributed by atoms with E-state index in [0.717, 1.165) is 30.6 Å². The van der Waals surface area contributed by atoms with Gasteiger partial charge in [-0.25, -0.2) is 0 Å². The van der Waals surface area contributed by atoms with Gasteiger partial charge in [0.05, 0.1) is 12.5 Å². The van der Waals surface area contributed by atoms with Gasteiger partial charge < -0.3 is 19.7 Å². The summed E-state index contributed by atoms with van der Waals surface area (Å²) >= 11 is 0. The number of hydrogen-bond acceptors (Lipinski definition) is 3.